The summed E-state index contributed by atoms with van der Waals surface area (Å²) in [5.74, 6) is 1.40. The van der Waals surface area contributed by atoms with E-state index < -0.39 is 5.83 Å². The fourth-order valence-electron chi connectivity index (χ4n) is 6.17. The van der Waals surface area contributed by atoms with Crippen molar-refractivity contribution < 1.29 is 4.39 Å². The van der Waals surface area contributed by atoms with Gasteiger partial charge in [0.1, 0.15) is 25.3 Å². The molecule has 7 nitrogen and oxygen atoms in total. The Kier molecular flexibility index (Phi) is 5.64. The van der Waals surface area contributed by atoms with Gasteiger partial charge in [-0.15, -0.1) is 0 Å². The number of aromatic nitrogens is 2. The lowest BCUT2D eigenvalue weighted by Crippen LogP contribution is -2.43. The molecule has 210 valence electrons. The molecule has 6 aromatic rings. The average molecular weight is 768 g/mol. The summed E-state index contributed by atoms with van der Waals surface area (Å²) in [6, 6.07) is 24.6. The molecule has 0 spiro atoms. The Morgan fingerprint density at radius 1 is 0.545 bits per heavy atom. The van der Waals surface area contributed by atoms with Crippen LogP contribution < -0.4 is 5.46 Å². The summed E-state index contributed by atoms with van der Waals surface area (Å²) in [5.41, 5.74) is 4.87. The highest BCUT2D eigenvalue weighted by Gasteiger charge is 2.34. The first kappa shape index (κ1) is 26.3. The monoisotopic (exact) mass is 765 g/mol. The van der Waals surface area contributed by atoms with Crippen molar-refractivity contribution in [1.29, 1.82) is 0 Å². The van der Waals surface area contributed by atoms with Crippen LogP contribution in [0.5, 0.6) is 0 Å². The van der Waals surface area contributed by atoms with Crippen LogP contribution in [0.25, 0.3) is 43.6 Å². The Bertz CT molecular complexity index is 2270. The molecule has 3 aliphatic heterocycles. The van der Waals surface area contributed by atoms with E-state index in [9.17, 15) is 0 Å². The summed E-state index contributed by atoms with van der Waals surface area (Å²) in [6.07, 6.45) is 2.77. The summed E-state index contributed by atoms with van der Waals surface area (Å²) in [5, 5.41) is 4.20. The quantitative estimate of drug-likeness (QED) is 0.149. The van der Waals surface area contributed by atoms with E-state index in [2.05, 4.69) is 92.0 Å². The van der Waals surface area contributed by atoms with Gasteiger partial charge in [0.05, 0.1) is 22.1 Å². The molecule has 44 heavy (non-hydrogen) atoms. The molecule has 0 atom stereocenters. The third-order valence-corrected chi connectivity index (χ3v) is 9.47. The summed E-state index contributed by atoms with van der Waals surface area (Å²) < 4.78 is 22.1. The van der Waals surface area contributed by atoms with E-state index in [1.54, 1.807) is 4.90 Å². The van der Waals surface area contributed by atoms with Crippen molar-refractivity contribution in [3.63, 3.8) is 0 Å². The molecular formula is C32H16BBr3FN7. The lowest BCUT2D eigenvalue weighted by molar-refractivity contribution is 0.629. The van der Waals surface area contributed by atoms with Crippen molar-refractivity contribution in [2.45, 2.75) is 0 Å². The molecule has 0 fully saturated rings. The Hall–Kier alpha value is -4.13. The number of fused-ring (bicyclic) bond motifs is 6. The van der Waals surface area contributed by atoms with Gasteiger partial charge in [-0.05, 0) is 60.7 Å². The number of rotatable bonds is 0. The highest BCUT2D eigenvalue weighted by Crippen LogP contribution is 2.36. The van der Waals surface area contributed by atoms with Crippen LogP contribution in [-0.2, 0) is 0 Å². The van der Waals surface area contributed by atoms with E-state index in [4.69, 9.17) is 20.0 Å². The van der Waals surface area contributed by atoms with Crippen molar-refractivity contribution in [2.24, 2.45) is 20.0 Å². The van der Waals surface area contributed by atoms with Gasteiger partial charge in [0.2, 0.25) is 17.9 Å². The zero-order chi connectivity index (χ0) is 29.9. The van der Waals surface area contributed by atoms with Crippen LogP contribution in [0.2, 0.25) is 0 Å². The molecule has 0 saturated heterocycles. The molecule has 0 N–H and O–H groups in total. The zero-order valence-corrected chi connectivity index (χ0v) is 27.5. The zero-order valence-electron chi connectivity index (χ0n) is 22.7. The number of hydrogen-bond donors (Lipinski definition) is 0. The molecule has 2 aromatic heterocycles. The predicted octanol–water partition coefficient (Wildman–Crippen LogP) is 7.35. The SMILES string of the molecule is Bc1ccc2c(c1)c1cc(Br)ccc1n2C1=NC2=NC(n3c4ccc(Br)cc4c4cc(Br)ccc43)=NC3=CC(F)=CC(=N1)N32. The number of amidine groups is 1. The van der Waals surface area contributed by atoms with Gasteiger partial charge in [0.15, 0.2) is 0 Å². The van der Waals surface area contributed by atoms with Crippen molar-refractivity contribution in [3.05, 3.63) is 110 Å². The second kappa shape index (κ2) is 9.44. The Morgan fingerprint density at radius 3 is 1.59 bits per heavy atom. The number of hydrogen-bond acceptors (Lipinski definition) is 5. The number of guanidine groups is 1. The first-order valence-electron chi connectivity index (χ1n) is 13.7. The second-order valence-electron chi connectivity index (χ2n) is 10.7. The summed E-state index contributed by atoms with van der Waals surface area (Å²) in [7, 11) is 2.07. The van der Waals surface area contributed by atoms with Gasteiger partial charge in [-0.1, -0.05) is 65.4 Å². The highest BCUT2D eigenvalue weighted by atomic mass is 79.9. The average Bonchev–Trinajstić information content (AvgIpc) is 3.48. The standard InChI is InChI=1S/C32H16BBr3FN7/c33-15-1-5-24-20(9-15)21-10-16(34)2-6-25(21)42(24)30-38-28-13-19(37)14-29-39-31(41-32(40-30)44(28)29)43-26-7-3-17(35)11-22(26)23-12-18(36)4-8-27(23)43/h1-14H,33H2. The summed E-state index contributed by atoms with van der Waals surface area (Å²) in [6.45, 7) is 0. The molecule has 0 bridgehead atoms. The van der Waals surface area contributed by atoms with Crippen LogP contribution in [0.1, 0.15) is 0 Å². The Labute approximate surface area is 275 Å². The van der Waals surface area contributed by atoms with Gasteiger partial charge in [0, 0.05) is 47.1 Å². The number of benzene rings is 4. The van der Waals surface area contributed by atoms with Gasteiger partial charge in [0.25, 0.3) is 0 Å². The van der Waals surface area contributed by atoms with E-state index in [1.165, 1.54) is 12.2 Å². The molecule has 3 aliphatic rings. The molecule has 0 radical (unpaired) electrons. The van der Waals surface area contributed by atoms with E-state index in [-0.39, 0.29) is 0 Å². The van der Waals surface area contributed by atoms with Gasteiger partial charge < -0.3 is 0 Å². The lowest BCUT2D eigenvalue weighted by Gasteiger charge is -2.32. The maximum absolute atomic E-state index is 15.2. The van der Waals surface area contributed by atoms with Gasteiger partial charge in [-0.3, -0.25) is 9.13 Å². The third-order valence-electron chi connectivity index (χ3n) is 7.99. The minimum atomic E-state index is -0.447. The maximum atomic E-state index is 15.2. The van der Waals surface area contributed by atoms with E-state index in [0.717, 1.165) is 62.5 Å². The molecule has 0 amide bonds. The van der Waals surface area contributed by atoms with Crippen LogP contribution in [0, 0.1) is 0 Å². The van der Waals surface area contributed by atoms with Gasteiger partial charge in [-0.25, -0.2) is 9.29 Å². The fraction of sp³-hybridized carbons (Fsp3) is 0. The van der Waals surface area contributed by atoms with E-state index in [1.807, 2.05) is 45.5 Å². The summed E-state index contributed by atoms with van der Waals surface area (Å²) >= 11 is 10.9. The first-order valence-corrected chi connectivity index (χ1v) is 16.0. The fourth-order valence-corrected chi connectivity index (χ4v) is 7.25. The predicted molar refractivity (Wildman–Crippen MR) is 190 cm³/mol. The number of nitrogens with zero attached hydrogens (tertiary/aromatic N) is 7. The third kappa shape index (κ3) is 3.84. The van der Waals surface area contributed by atoms with Crippen molar-refractivity contribution in [3.8, 4) is 0 Å². The molecule has 9 rings (SSSR count). The normalized spacial score (nSPS) is 16.1. The number of halogens is 4. The smallest absolute Gasteiger partial charge is 0.243 e. The molecule has 5 heterocycles. The minimum absolute atomic E-state index is 0.355. The number of aliphatic imine (C=N–C) groups is 4. The maximum Gasteiger partial charge on any atom is 0.243 e. The molecular weight excluding hydrogens is 752 g/mol. The minimum Gasteiger partial charge on any atom is -0.278 e. The van der Waals surface area contributed by atoms with Crippen LogP contribution in [0.3, 0.4) is 0 Å². The molecule has 0 saturated carbocycles. The lowest BCUT2D eigenvalue weighted by atomic mass is 9.94. The molecule has 12 heteroatoms. The number of allylic oxidation sites excluding steroid dienone is 2. The van der Waals surface area contributed by atoms with Crippen LogP contribution in [-0.4, -0.2) is 45.6 Å². The van der Waals surface area contributed by atoms with Crippen LogP contribution in [0.15, 0.2) is 130 Å². The Morgan fingerprint density at radius 2 is 1.02 bits per heavy atom. The Balaban J connectivity index is 1.32. The van der Waals surface area contributed by atoms with Gasteiger partial charge in [-0.2, -0.15) is 20.0 Å². The largest absolute Gasteiger partial charge is 0.278 e. The topological polar surface area (TPSA) is 62.5 Å². The summed E-state index contributed by atoms with van der Waals surface area (Å²) in [4.78, 5) is 21.4. The van der Waals surface area contributed by atoms with Gasteiger partial charge >= 0.3 is 0 Å². The van der Waals surface area contributed by atoms with Crippen molar-refractivity contribution in [2.75, 3.05) is 0 Å². The van der Waals surface area contributed by atoms with E-state index >= 15 is 4.39 Å². The first-order chi connectivity index (χ1) is 21.3. The van der Waals surface area contributed by atoms with Crippen molar-refractivity contribution >= 4 is 128 Å². The highest BCUT2D eigenvalue weighted by molar-refractivity contribution is 9.11. The van der Waals surface area contributed by atoms with E-state index in [0.29, 0.717) is 29.5 Å². The molecule has 4 aromatic carbocycles. The molecule has 0 unspecified atom stereocenters. The van der Waals surface area contributed by atoms with Crippen molar-refractivity contribution in [1.82, 2.24) is 14.0 Å². The molecule has 0 aliphatic carbocycles. The second-order valence-corrected chi connectivity index (χ2v) is 13.5. The van der Waals surface area contributed by atoms with Crippen LogP contribution >= 0.6 is 47.8 Å². The van der Waals surface area contributed by atoms with Crippen LogP contribution in [0.4, 0.5) is 4.39 Å².